The Kier molecular flexibility index (Phi) is 17.2. The van der Waals surface area contributed by atoms with E-state index in [0.717, 1.165) is 0 Å². The largest absolute Gasteiger partial charge is 0.344 e. The fourth-order valence-corrected chi connectivity index (χ4v) is 6.22. The SMILES string of the molecule is CCOP(=O)(CN(CCCCCC(=O)ON1C(=O)CCC1=O)Cc1cccc(CN(COP=O)COP=O)n1)OCC. The topological polar surface area (TPSA) is 171 Å². The first-order valence-electron chi connectivity index (χ1n) is 13.5. The summed E-state index contributed by atoms with van der Waals surface area (Å²) in [5, 5.41) is 0.538. The van der Waals surface area contributed by atoms with Crippen molar-refractivity contribution in [1.29, 1.82) is 0 Å². The van der Waals surface area contributed by atoms with Crippen LogP contribution < -0.4 is 0 Å². The highest BCUT2D eigenvalue weighted by Crippen LogP contribution is 2.48. The van der Waals surface area contributed by atoms with E-state index >= 15 is 0 Å². The first kappa shape index (κ1) is 36.1. The van der Waals surface area contributed by atoms with Crippen LogP contribution in [-0.2, 0) is 64.1 Å². The first-order valence-corrected chi connectivity index (χ1v) is 16.7. The van der Waals surface area contributed by atoms with Crippen molar-refractivity contribution >= 4 is 42.8 Å². The van der Waals surface area contributed by atoms with E-state index in [1.165, 1.54) is 0 Å². The van der Waals surface area contributed by atoms with Gasteiger partial charge in [0.1, 0.15) is 19.7 Å². The van der Waals surface area contributed by atoms with Gasteiger partial charge in [-0.2, -0.15) is 0 Å². The zero-order chi connectivity index (χ0) is 30.8. The minimum absolute atomic E-state index is 0.0285. The van der Waals surface area contributed by atoms with Crippen LogP contribution in [0.2, 0.25) is 0 Å². The average molecular weight is 650 g/mol. The number of nitrogens with zero attached hydrogens (tertiary/aromatic N) is 4. The van der Waals surface area contributed by atoms with Crippen LogP contribution in [0, 0.1) is 0 Å². The van der Waals surface area contributed by atoms with E-state index in [0.29, 0.717) is 48.8 Å². The molecule has 15 nitrogen and oxygen atoms in total. The van der Waals surface area contributed by atoms with Crippen molar-refractivity contribution in [2.24, 2.45) is 0 Å². The zero-order valence-corrected chi connectivity index (χ0v) is 26.4. The van der Waals surface area contributed by atoms with Crippen LogP contribution in [0.15, 0.2) is 18.2 Å². The van der Waals surface area contributed by atoms with Crippen molar-refractivity contribution in [2.45, 2.75) is 65.5 Å². The quantitative estimate of drug-likeness (QED) is 0.0704. The predicted octanol–water partition coefficient (Wildman–Crippen LogP) is 4.44. The maximum absolute atomic E-state index is 13.3. The lowest BCUT2D eigenvalue weighted by atomic mass is 10.2. The first-order chi connectivity index (χ1) is 20.2. The average Bonchev–Trinajstić information content (AvgIpc) is 3.26. The standard InChI is InChI=1S/C24H37N4O11P3/c1-3-37-42(34,38-4-2)19-26(14-7-5-6-11-24(31)39-28-22(29)12-13-23(28)30)15-20-9-8-10-21(25-20)16-27(17-35-40-32)18-36-41-33/h8-10H,3-7,11-19H2,1-2H3. The zero-order valence-electron chi connectivity index (χ0n) is 23.8. The van der Waals surface area contributed by atoms with Gasteiger partial charge in [0.05, 0.1) is 24.6 Å². The van der Waals surface area contributed by atoms with Crippen LogP contribution in [-0.4, -0.2) is 77.1 Å². The van der Waals surface area contributed by atoms with E-state index in [9.17, 15) is 28.1 Å². The van der Waals surface area contributed by atoms with Gasteiger partial charge in [-0.05, 0) is 45.4 Å². The van der Waals surface area contributed by atoms with Crippen LogP contribution in [0.5, 0.6) is 0 Å². The Labute approximate surface area is 248 Å². The normalized spacial score (nSPS) is 14.1. The van der Waals surface area contributed by atoms with Crippen molar-refractivity contribution in [2.75, 3.05) is 39.5 Å². The Balaban J connectivity index is 2.00. The molecule has 0 saturated carbocycles. The summed E-state index contributed by atoms with van der Waals surface area (Å²) in [7, 11) is -4.42. The van der Waals surface area contributed by atoms with Gasteiger partial charge < -0.3 is 13.9 Å². The van der Waals surface area contributed by atoms with Crippen molar-refractivity contribution in [3.05, 3.63) is 29.6 Å². The Morgan fingerprint density at radius 3 is 2.05 bits per heavy atom. The molecule has 1 aromatic heterocycles. The molecule has 0 spiro atoms. The molecule has 0 N–H and O–H groups in total. The molecule has 1 aromatic rings. The van der Waals surface area contributed by atoms with Gasteiger partial charge in [0.15, 0.2) is 0 Å². The van der Waals surface area contributed by atoms with Gasteiger partial charge in [0.2, 0.25) is 0 Å². The summed E-state index contributed by atoms with van der Waals surface area (Å²) in [6, 6.07) is 5.43. The van der Waals surface area contributed by atoms with E-state index in [1.54, 1.807) is 24.8 Å². The number of imide groups is 1. The molecule has 234 valence electrons. The van der Waals surface area contributed by atoms with Crippen molar-refractivity contribution < 1.29 is 51.0 Å². The summed E-state index contributed by atoms with van der Waals surface area (Å²) in [6.45, 7) is 4.91. The highest BCUT2D eigenvalue weighted by molar-refractivity contribution is 7.53. The Hall–Kier alpha value is -2.05. The summed E-state index contributed by atoms with van der Waals surface area (Å²) in [5.41, 5.74) is 1.33. The Morgan fingerprint density at radius 2 is 1.50 bits per heavy atom. The number of hydroxylamine groups is 2. The maximum atomic E-state index is 13.3. The summed E-state index contributed by atoms with van der Waals surface area (Å²) in [5.74, 6) is -1.69. The summed E-state index contributed by atoms with van der Waals surface area (Å²) in [6.07, 6.45) is 1.88. The molecule has 1 fully saturated rings. The minimum Gasteiger partial charge on any atom is -0.330 e. The molecule has 2 heterocycles. The predicted molar refractivity (Wildman–Crippen MR) is 149 cm³/mol. The number of pyridine rings is 1. The third kappa shape index (κ3) is 13.5. The third-order valence-corrected chi connectivity index (χ3v) is 8.29. The molecule has 1 aliphatic heterocycles. The minimum atomic E-state index is -3.42. The monoisotopic (exact) mass is 650 g/mol. The van der Waals surface area contributed by atoms with Crippen LogP contribution >= 0.6 is 25.0 Å². The Bertz CT molecular complexity index is 1060. The summed E-state index contributed by atoms with van der Waals surface area (Å²) >= 11 is 0. The van der Waals surface area contributed by atoms with Gasteiger partial charge in [0.25, 0.3) is 11.8 Å². The van der Waals surface area contributed by atoms with Gasteiger partial charge in [-0.3, -0.25) is 38.0 Å². The number of carbonyl (C=O) groups is 3. The molecule has 0 bridgehead atoms. The number of amides is 2. The lowest BCUT2D eigenvalue weighted by Crippen LogP contribution is -2.32. The summed E-state index contributed by atoms with van der Waals surface area (Å²) in [4.78, 5) is 48.4. The second-order valence-corrected chi connectivity index (χ2v) is 11.9. The van der Waals surface area contributed by atoms with Crippen molar-refractivity contribution in [3.63, 3.8) is 0 Å². The van der Waals surface area contributed by atoms with E-state index < -0.39 is 42.8 Å². The molecular formula is C24H37N4O11P3. The molecule has 42 heavy (non-hydrogen) atoms. The second-order valence-electron chi connectivity index (χ2n) is 9.11. The lowest BCUT2D eigenvalue weighted by molar-refractivity contribution is -0.197. The van der Waals surface area contributed by atoms with E-state index in [4.69, 9.17) is 22.9 Å². The molecule has 2 rings (SSSR count). The second kappa shape index (κ2) is 20.0. The number of aromatic nitrogens is 1. The highest BCUT2D eigenvalue weighted by atomic mass is 31.2. The third-order valence-electron chi connectivity index (χ3n) is 5.80. The van der Waals surface area contributed by atoms with Crippen LogP contribution in [0.4, 0.5) is 0 Å². The maximum Gasteiger partial charge on any atom is 0.344 e. The molecule has 0 unspecified atom stereocenters. The molecule has 0 radical (unpaired) electrons. The molecule has 0 aliphatic carbocycles. The Morgan fingerprint density at radius 1 is 0.929 bits per heavy atom. The highest BCUT2D eigenvalue weighted by Gasteiger charge is 2.32. The molecule has 0 aromatic carbocycles. The van der Waals surface area contributed by atoms with E-state index in [2.05, 4.69) is 4.98 Å². The molecule has 1 saturated heterocycles. The molecule has 2 amide bonds. The number of hydrogen-bond acceptors (Lipinski definition) is 14. The molecule has 18 heteroatoms. The number of unbranched alkanes of at least 4 members (excludes halogenated alkanes) is 2. The lowest BCUT2D eigenvalue weighted by Gasteiger charge is -2.27. The van der Waals surface area contributed by atoms with Gasteiger partial charge in [-0.1, -0.05) is 12.5 Å². The fraction of sp³-hybridized carbons (Fsp3) is 0.667. The fourth-order valence-electron chi connectivity index (χ4n) is 4.05. The van der Waals surface area contributed by atoms with Crippen LogP contribution in [0.25, 0.3) is 0 Å². The van der Waals surface area contributed by atoms with Gasteiger partial charge in [-0.25, -0.2) is 13.9 Å². The number of hydrogen-bond donors (Lipinski definition) is 0. The van der Waals surface area contributed by atoms with Crippen molar-refractivity contribution in [3.8, 4) is 0 Å². The van der Waals surface area contributed by atoms with Gasteiger partial charge in [0, 0.05) is 32.4 Å². The smallest absolute Gasteiger partial charge is 0.330 e. The van der Waals surface area contributed by atoms with Crippen molar-refractivity contribution in [1.82, 2.24) is 19.8 Å². The molecule has 0 atom stereocenters. The van der Waals surface area contributed by atoms with Gasteiger partial charge >= 0.3 is 30.9 Å². The van der Waals surface area contributed by atoms with Crippen LogP contribution in [0.1, 0.15) is 63.8 Å². The summed E-state index contributed by atoms with van der Waals surface area (Å²) < 4.78 is 55.5. The van der Waals surface area contributed by atoms with E-state index in [-0.39, 0.29) is 58.8 Å². The number of carbonyl (C=O) groups excluding carboxylic acids is 3. The van der Waals surface area contributed by atoms with E-state index in [1.807, 2.05) is 17.0 Å². The van der Waals surface area contributed by atoms with Crippen LogP contribution in [0.3, 0.4) is 0 Å². The number of rotatable bonds is 23. The van der Waals surface area contributed by atoms with Gasteiger partial charge in [-0.15, -0.1) is 5.06 Å². The molecular weight excluding hydrogens is 613 g/mol. The molecule has 1 aliphatic rings.